The molecule has 0 heterocycles. The van der Waals surface area contributed by atoms with Crippen molar-refractivity contribution in [3.8, 4) is 0 Å². The number of ketones is 2. The van der Waals surface area contributed by atoms with Crippen LogP contribution in [0, 0.1) is 5.41 Å². The van der Waals surface area contributed by atoms with Gasteiger partial charge in [0.05, 0.1) is 5.41 Å². The second kappa shape index (κ2) is 2.92. The molecule has 3 nitrogen and oxygen atoms in total. The Bertz CT molecular complexity index is 158. The first-order chi connectivity index (χ1) is 4.42. The fourth-order valence-electron chi connectivity index (χ4n) is 0.394. The van der Waals surface area contributed by atoms with Crippen LogP contribution in [0.4, 0.5) is 0 Å². The van der Waals surface area contributed by atoms with Crippen LogP contribution in [0.25, 0.3) is 0 Å². The van der Waals surface area contributed by atoms with E-state index in [0.29, 0.717) is 0 Å². The third-order valence-electron chi connectivity index (χ3n) is 1.72. The maximum Gasteiger partial charge on any atom is 0.171 e. The van der Waals surface area contributed by atoms with E-state index in [2.05, 4.69) is 0 Å². The monoisotopic (exact) mass is 144 g/mol. The molecule has 0 radical (unpaired) electrons. The first-order valence-corrected chi connectivity index (χ1v) is 3.08. The maximum atomic E-state index is 10.8. The van der Waals surface area contributed by atoms with E-state index in [1.54, 1.807) is 0 Å². The highest BCUT2D eigenvalue weighted by molar-refractivity contribution is 6.05. The lowest BCUT2D eigenvalue weighted by atomic mass is 9.84. The highest BCUT2D eigenvalue weighted by atomic mass is 16.3. The minimum absolute atomic E-state index is 0.216. The van der Waals surface area contributed by atoms with Gasteiger partial charge < -0.3 is 5.11 Å². The van der Waals surface area contributed by atoms with Crippen molar-refractivity contribution in [3.63, 3.8) is 0 Å². The largest absolute Gasteiger partial charge is 0.389 e. The molecule has 0 aromatic carbocycles. The van der Waals surface area contributed by atoms with Gasteiger partial charge in [0.15, 0.2) is 5.78 Å². The van der Waals surface area contributed by atoms with Gasteiger partial charge in [-0.25, -0.2) is 0 Å². The lowest BCUT2D eigenvalue weighted by molar-refractivity contribution is -0.139. The third-order valence-corrected chi connectivity index (χ3v) is 1.72. The average Bonchev–Trinajstić information content (AvgIpc) is 1.86. The summed E-state index contributed by atoms with van der Waals surface area (Å²) < 4.78 is 0. The molecule has 1 N–H and O–H groups in total. The molecule has 0 atom stereocenters. The second-order valence-corrected chi connectivity index (χ2v) is 2.76. The summed E-state index contributed by atoms with van der Waals surface area (Å²) in [6.07, 6.45) is 0. The minimum atomic E-state index is -1.02. The smallest absolute Gasteiger partial charge is 0.171 e. The van der Waals surface area contributed by atoms with Crippen LogP contribution in [-0.4, -0.2) is 23.3 Å². The molecular weight excluding hydrogens is 132 g/mol. The van der Waals surface area contributed by atoms with Gasteiger partial charge in [-0.3, -0.25) is 9.59 Å². The summed E-state index contributed by atoms with van der Waals surface area (Å²) in [5, 5.41) is 8.42. The van der Waals surface area contributed by atoms with Crippen LogP contribution in [0.2, 0.25) is 0 Å². The molecule has 0 aliphatic rings. The predicted octanol–water partition coefficient (Wildman–Crippen LogP) is 0.163. The lowest BCUT2D eigenvalue weighted by Crippen LogP contribution is -2.33. The molecule has 10 heavy (non-hydrogen) atoms. The SMILES string of the molecule is CC(=O)C(C)(C)C(=O)CO. The average molecular weight is 144 g/mol. The summed E-state index contributed by atoms with van der Waals surface area (Å²) in [6, 6.07) is 0. The molecule has 58 valence electrons. The van der Waals surface area contributed by atoms with Crippen LogP contribution in [0.1, 0.15) is 20.8 Å². The van der Waals surface area contributed by atoms with E-state index >= 15 is 0 Å². The number of carbonyl (C=O) groups is 2. The molecule has 0 aromatic heterocycles. The van der Waals surface area contributed by atoms with Gasteiger partial charge in [0, 0.05) is 0 Å². The van der Waals surface area contributed by atoms with Crippen LogP contribution >= 0.6 is 0 Å². The number of aliphatic hydroxyl groups excluding tert-OH is 1. The fraction of sp³-hybridized carbons (Fsp3) is 0.714. The number of aliphatic hydroxyl groups is 1. The van der Waals surface area contributed by atoms with Crippen LogP contribution in [0.5, 0.6) is 0 Å². The van der Waals surface area contributed by atoms with Crippen LogP contribution in [-0.2, 0) is 9.59 Å². The third kappa shape index (κ3) is 1.64. The molecular formula is C7H12O3. The van der Waals surface area contributed by atoms with Crippen molar-refractivity contribution in [1.82, 2.24) is 0 Å². The van der Waals surface area contributed by atoms with E-state index in [9.17, 15) is 9.59 Å². The molecule has 0 amide bonds. The Kier molecular flexibility index (Phi) is 2.72. The van der Waals surface area contributed by atoms with Gasteiger partial charge in [0.2, 0.25) is 0 Å². The van der Waals surface area contributed by atoms with Crippen molar-refractivity contribution >= 4 is 11.6 Å². The summed E-state index contributed by atoms with van der Waals surface area (Å²) in [4.78, 5) is 21.5. The number of hydrogen-bond donors (Lipinski definition) is 1. The molecule has 0 saturated heterocycles. The maximum absolute atomic E-state index is 10.8. The molecule has 0 fully saturated rings. The predicted molar refractivity (Wildman–Crippen MR) is 36.6 cm³/mol. The highest BCUT2D eigenvalue weighted by Gasteiger charge is 2.31. The van der Waals surface area contributed by atoms with Gasteiger partial charge in [0.25, 0.3) is 0 Å². The Morgan fingerprint density at radius 1 is 1.40 bits per heavy atom. The second-order valence-electron chi connectivity index (χ2n) is 2.76. The molecule has 0 saturated carbocycles. The summed E-state index contributed by atoms with van der Waals surface area (Å²) in [7, 11) is 0. The first kappa shape index (κ1) is 9.30. The van der Waals surface area contributed by atoms with Crippen LogP contribution in [0.3, 0.4) is 0 Å². The Balaban J connectivity index is 4.40. The van der Waals surface area contributed by atoms with Crippen LogP contribution < -0.4 is 0 Å². The van der Waals surface area contributed by atoms with Gasteiger partial charge in [0.1, 0.15) is 12.4 Å². The molecule has 3 heteroatoms. The topological polar surface area (TPSA) is 54.4 Å². The van der Waals surface area contributed by atoms with Gasteiger partial charge in [-0.1, -0.05) is 0 Å². The quantitative estimate of drug-likeness (QED) is 0.574. The molecule has 0 aliphatic heterocycles. The molecule has 0 rings (SSSR count). The van der Waals surface area contributed by atoms with Crippen molar-refractivity contribution in [3.05, 3.63) is 0 Å². The van der Waals surface area contributed by atoms with Gasteiger partial charge >= 0.3 is 0 Å². The van der Waals surface area contributed by atoms with Gasteiger partial charge in [-0.05, 0) is 20.8 Å². The summed E-state index contributed by atoms with van der Waals surface area (Å²) in [5.74, 6) is -0.647. The zero-order chi connectivity index (χ0) is 8.36. The van der Waals surface area contributed by atoms with E-state index < -0.39 is 17.8 Å². The van der Waals surface area contributed by atoms with Gasteiger partial charge in [-0.2, -0.15) is 0 Å². The molecule has 0 spiro atoms. The van der Waals surface area contributed by atoms with E-state index in [-0.39, 0.29) is 5.78 Å². The summed E-state index contributed by atoms with van der Waals surface area (Å²) >= 11 is 0. The van der Waals surface area contributed by atoms with Gasteiger partial charge in [-0.15, -0.1) is 0 Å². The fourth-order valence-corrected chi connectivity index (χ4v) is 0.394. The van der Waals surface area contributed by atoms with Crippen molar-refractivity contribution in [1.29, 1.82) is 0 Å². The molecule has 0 aromatic rings. The summed E-state index contributed by atoms with van der Waals surface area (Å²) in [6.45, 7) is 3.79. The zero-order valence-electron chi connectivity index (χ0n) is 6.47. The summed E-state index contributed by atoms with van der Waals surface area (Å²) in [5.41, 5.74) is -1.02. The van der Waals surface area contributed by atoms with Crippen molar-refractivity contribution < 1.29 is 14.7 Å². The standard InChI is InChI=1S/C7H12O3/c1-5(9)7(2,3)6(10)4-8/h8H,4H2,1-3H3. The molecule has 0 unspecified atom stereocenters. The van der Waals surface area contributed by atoms with E-state index in [1.165, 1.54) is 20.8 Å². The number of hydrogen-bond acceptors (Lipinski definition) is 3. The number of Topliss-reactive ketones (excluding diaryl/α,β-unsaturated/α-hetero) is 2. The first-order valence-electron chi connectivity index (χ1n) is 3.08. The van der Waals surface area contributed by atoms with E-state index in [4.69, 9.17) is 5.11 Å². The Labute approximate surface area is 60.0 Å². The molecule has 0 aliphatic carbocycles. The number of rotatable bonds is 3. The van der Waals surface area contributed by atoms with Crippen molar-refractivity contribution in [2.45, 2.75) is 20.8 Å². The zero-order valence-corrected chi connectivity index (χ0v) is 6.47. The normalized spacial score (nSPS) is 11.2. The Hall–Kier alpha value is -0.700. The Morgan fingerprint density at radius 2 is 1.80 bits per heavy atom. The van der Waals surface area contributed by atoms with Crippen LogP contribution in [0.15, 0.2) is 0 Å². The Morgan fingerprint density at radius 3 is 1.90 bits per heavy atom. The van der Waals surface area contributed by atoms with Crippen molar-refractivity contribution in [2.24, 2.45) is 5.41 Å². The van der Waals surface area contributed by atoms with Crippen molar-refractivity contribution in [2.75, 3.05) is 6.61 Å². The van der Waals surface area contributed by atoms with E-state index in [0.717, 1.165) is 0 Å². The highest BCUT2D eigenvalue weighted by Crippen LogP contribution is 2.16. The molecule has 0 bridgehead atoms. The number of carbonyl (C=O) groups excluding carboxylic acids is 2. The lowest BCUT2D eigenvalue weighted by Gasteiger charge is -2.17. The minimum Gasteiger partial charge on any atom is -0.389 e. The van der Waals surface area contributed by atoms with E-state index in [1.807, 2.05) is 0 Å².